The van der Waals surface area contributed by atoms with E-state index < -0.39 is 12.0 Å². The molecule has 0 aliphatic carbocycles. The SMILES string of the molecule is Cc1oc(C)c(C(=O)NC(CC(C)C)C(=O)O)c1C. The van der Waals surface area contributed by atoms with Crippen LogP contribution >= 0.6 is 0 Å². The topological polar surface area (TPSA) is 79.5 Å². The molecular weight excluding hydrogens is 246 g/mol. The standard InChI is InChI=1S/C14H21NO4/c1-7(2)6-11(14(17)18)15-13(16)12-8(3)9(4)19-10(12)5/h7,11H,6H2,1-5H3,(H,15,16)(H,17,18). The molecule has 0 radical (unpaired) electrons. The maximum Gasteiger partial charge on any atom is 0.326 e. The third kappa shape index (κ3) is 3.59. The molecule has 0 fully saturated rings. The van der Waals surface area contributed by atoms with Crippen LogP contribution in [0, 0.1) is 26.7 Å². The number of carbonyl (C=O) groups excluding carboxylic acids is 1. The molecule has 1 unspecified atom stereocenters. The van der Waals surface area contributed by atoms with Gasteiger partial charge in [0.05, 0.1) is 5.56 Å². The molecule has 0 spiro atoms. The van der Waals surface area contributed by atoms with E-state index in [9.17, 15) is 9.59 Å². The van der Waals surface area contributed by atoms with Crippen LogP contribution in [0.2, 0.25) is 0 Å². The van der Waals surface area contributed by atoms with E-state index >= 15 is 0 Å². The summed E-state index contributed by atoms with van der Waals surface area (Å²) in [7, 11) is 0. The van der Waals surface area contributed by atoms with Crippen molar-refractivity contribution in [3.05, 3.63) is 22.6 Å². The van der Waals surface area contributed by atoms with Crippen LogP contribution in [0.4, 0.5) is 0 Å². The van der Waals surface area contributed by atoms with Crippen molar-refractivity contribution in [2.45, 2.75) is 47.1 Å². The molecule has 1 heterocycles. The molecule has 5 heteroatoms. The number of carbonyl (C=O) groups is 2. The summed E-state index contributed by atoms with van der Waals surface area (Å²) >= 11 is 0. The van der Waals surface area contributed by atoms with Crippen molar-refractivity contribution in [2.75, 3.05) is 0 Å². The summed E-state index contributed by atoms with van der Waals surface area (Å²) in [5, 5.41) is 11.7. The minimum absolute atomic E-state index is 0.190. The zero-order valence-electron chi connectivity index (χ0n) is 12.0. The van der Waals surface area contributed by atoms with Crippen LogP contribution < -0.4 is 5.32 Å². The van der Waals surface area contributed by atoms with Crippen molar-refractivity contribution in [2.24, 2.45) is 5.92 Å². The third-order valence-electron chi connectivity index (χ3n) is 3.10. The number of carboxylic acids is 1. The van der Waals surface area contributed by atoms with Gasteiger partial charge in [0.1, 0.15) is 17.6 Å². The summed E-state index contributed by atoms with van der Waals surface area (Å²) < 4.78 is 5.38. The van der Waals surface area contributed by atoms with E-state index in [1.165, 1.54) is 0 Å². The van der Waals surface area contributed by atoms with Gasteiger partial charge in [-0.1, -0.05) is 13.8 Å². The van der Waals surface area contributed by atoms with E-state index in [1.807, 2.05) is 13.8 Å². The van der Waals surface area contributed by atoms with Gasteiger partial charge in [0.25, 0.3) is 5.91 Å². The van der Waals surface area contributed by atoms with Crippen LogP contribution in [-0.4, -0.2) is 23.0 Å². The largest absolute Gasteiger partial charge is 0.480 e. The van der Waals surface area contributed by atoms with Crippen LogP contribution in [-0.2, 0) is 4.79 Å². The number of carboxylic acid groups (broad SMARTS) is 1. The Labute approximate surface area is 113 Å². The normalized spacial score (nSPS) is 12.5. The number of aryl methyl sites for hydroxylation is 2. The quantitative estimate of drug-likeness (QED) is 0.858. The predicted molar refractivity (Wildman–Crippen MR) is 71.3 cm³/mol. The van der Waals surface area contributed by atoms with E-state index in [2.05, 4.69) is 5.32 Å². The average Bonchev–Trinajstić information content (AvgIpc) is 2.51. The highest BCUT2D eigenvalue weighted by molar-refractivity contribution is 5.98. The highest BCUT2D eigenvalue weighted by Crippen LogP contribution is 2.20. The van der Waals surface area contributed by atoms with Crippen molar-refractivity contribution in [1.29, 1.82) is 0 Å². The number of aliphatic carboxylic acids is 1. The van der Waals surface area contributed by atoms with E-state index in [-0.39, 0.29) is 11.8 Å². The Morgan fingerprint density at radius 3 is 2.16 bits per heavy atom. The second-order valence-corrected chi connectivity index (χ2v) is 5.21. The molecule has 0 saturated heterocycles. The van der Waals surface area contributed by atoms with Crippen LogP contribution in [0.1, 0.15) is 47.7 Å². The summed E-state index contributed by atoms with van der Waals surface area (Å²) in [6, 6.07) is -0.874. The van der Waals surface area contributed by atoms with Gasteiger partial charge in [-0.05, 0) is 33.1 Å². The lowest BCUT2D eigenvalue weighted by Gasteiger charge is -2.16. The van der Waals surface area contributed by atoms with E-state index in [0.717, 1.165) is 5.56 Å². The Kier molecular flexibility index (Phi) is 4.75. The first-order valence-corrected chi connectivity index (χ1v) is 6.34. The van der Waals surface area contributed by atoms with Gasteiger partial charge in [0, 0.05) is 5.56 Å². The number of rotatable bonds is 5. The number of hydrogen-bond acceptors (Lipinski definition) is 3. The van der Waals surface area contributed by atoms with Gasteiger partial charge in [0.15, 0.2) is 0 Å². The molecule has 1 atom stereocenters. The maximum absolute atomic E-state index is 12.2. The Hall–Kier alpha value is -1.78. The van der Waals surface area contributed by atoms with E-state index in [1.54, 1.807) is 20.8 Å². The molecule has 0 saturated carbocycles. The zero-order valence-corrected chi connectivity index (χ0v) is 12.0. The van der Waals surface area contributed by atoms with Crippen molar-refractivity contribution >= 4 is 11.9 Å². The summed E-state index contributed by atoms with van der Waals surface area (Å²) in [4.78, 5) is 23.3. The third-order valence-corrected chi connectivity index (χ3v) is 3.10. The summed E-state index contributed by atoms with van der Waals surface area (Å²) in [5.74, 6) is -0.0216. The average molecular weight is 267 g/mol. The van der Waals surface area contributed by atoms with Gasteiger partial charge >= 0.3 is 5.97 Å². The lowest BCUT2D eigenvalue weighted by atomic mass is 10.0. The van der Waals surface area contributed by atoms with Crippen LogP contribution in [0.15, 0.2) is 4.42 Å². The Bertz CT molecular complexity index is 488. The molecule has 2 N–H and O–H groups in total. The first kappa shape index (κ1) is 15.3. The summed E-state index contributed by atoms with van der Waals surface area (Å²) in [5.41, 5.74) is 1.19. The van der Waals surface area contributed by atoms with Crippen molar-refractivity contribution in [3.8, 4) is 0 Å². The van der Waals surface area contributed by atoms with Crippen molar-refractivity contribution in [3.63, 3.8) is 0 Å². The van der Waals surface area contributed by atoms with Gasteiger partial charge in [0.2, 0.25) is 0 Å². The van der Waals surface area contributed by atoms with E-state index in [4.69, 9.17) is 9.52 Å². The smallest absolute Gasteiger partial charge is 0.326 e. The zero-order chi connectivity index (χ0) is 14.7. The highest BCUT2D eigenvalue weighted by Gasteiger charge is 2.25. The molecule has 0 aliphatic heterocycles. The first-order valence-electron chi connectivity index (χ1n) is 6.34. The lowest BCUT2D eigenvalue weighted by Crippen LogP contribution is -2.41. The second kappa shape index (κ2) is 5.91. The molecule has 0 bridgehead atoms. The van der Waals surface area contributed by atoms with Gasteiger partial charge in [-0.2, -0.15) is 0 Å². The van der Waals surface area contributed by atoms with Crippen LogP contribution in [0.25, 0.3) is 0 Å². The number of nitrogens with one attached hydrogen (secondary N) is 1. The molecule has 0 aliphatic rings. The molecule has 1 aromatic heterocycles. The summed E-state index contributed by atoms with van der Waals surface area (Å²) in [6.45, 7) is 9.11. The monoisotopic (exact) mass is 267 g/mol. The first-order chi connectivity index (χ1) is 8.73. The van der Waals surface area contributed by atoms with Crippen LogP contribution in [0.3, 0.4) is 0 Å². The molecular formula is C14H21NO4. The van der Waals surface area contributed by atoms with Crippen LogP contribution in [0.5, 0.6) is 0 Å². The van der Waals surface area contributed by atoms with Gasteiger partial charge < -0.3 is 14.8 Å². The molecule has 19 heavy (non-hydrogen) atoms. The number of furan rings is 1. The maximum atomic E-state index is 12.2. The lowest BCUT2D eigenvalue weighted by molar-refractivity contribution is -0.139. The summed E-state index contributed by atoms with van der Waals surface area (Å²) in [6.07, 6.45) is 0.399. The van der Waals surface area contributed by atoms with E-state index in [0.29, 0.717) is 23.5 Å². The minimum Gasteiger partial charge on any atom is -0.480 e. The molecule has 0 aromatic carbocycles. The van der Waals surface area contributed by atoms with Gasteiger partial charge in [-0.3, -0.25) is 4.79 Å². The number of amides is 1. The molecule has 1 aromatic rings. The van der Waals surface area contributed by atoms with Crippen molar-refractivity contribution < 1.29 is 19.1 Å². The number of hydrogen-bond donors (Lipinski definition) is 2. The van der Waals surface area contributed by atoms with Gasteiger partial charge in [-0.15, -0.1) is 0 Å². The minimum atomic E-state index is -1.02. The predicted octanol–water partition coefficient (Wildman–Crippen LogP) is 2.43. The molecule has 1 amide bonds. The fourth-order valence-electron chi connectivity index (χ4n) is 2.05. The Balaban J connectivity index is 2.91. The Morgan fingerprint density at radius 1 is 1.21 bits per heavy atom. The fraction of sp³-hybridized carbons (Fsp3) is 0.571. The second-order valence-electron chi connectivity index (χ2n) is 5.21. The van der Waals surface area contributed by atoms with Crippen molar-refractivity contribution in [1.82, 2.24) is 5.32 Å². The van der Waals surface area contributed by atoms with Gasteiger partial charge in [-0.25, -0.2) is 4.79 Å². The molecule has 5 nitrogen and oxygen atoms in total. The Morgan fingerprint density at radius 2 is 1.79 bits per heavy atom. The highest BCUT2D eigenvalue weighted by atomic mass is 16.4. The fourth-order valence-corrected chi connectivity index (χ4v) is 2.05. The molecule has 1 rings (SSSR count). The molecule has 106 valence electrons.